The van der Waals surface area contributed by atoms with Crippen LogP contribution in [-0.2, 0) is 30.4 Å². The predicted octanol–water partition coefficient (Wildman–Crippen LogP) is 0.998. The van der Waals surface area contributed by atoms with Gasteiger partial charge in [0.05, 0.1) is 4.20 Å². The lowest BCUT2D eigenvalue weighted by atomic mass is 10.6. The van der Waals surface area contributed by atoms with E-state index in [0.717, 1.165) is 10.6 Å². The molecule has 0 aliphatic heterocycles. The monoisotopic (exact) mass is 170 g/mol. The zero-order valence-corrected chi connectivity index (χ0v) is 7.22. The average molecular weight is 170 g/mol. The van der Waals surface area contributed by atoms with E-state index in [9.17, 15) is 0 Å². The Morgan fingerprint density at radius 2 is 2.00 bits per heavy atom. The van der Waals surface area contributed by atoms with E-state index in [0.29, 0.717) is 0 Å². The molecule has 0 atom stereocenters. The summed E-state index contributed by atoms with van der Waals surface area (Å²) in [6.07, 6.45) is 0.869. The Balaban J connectivity index is 3.83. The molecule has 0 heterocycles. The van der Waals surface area contributed by atoms with Crippen LogP contribution in [0.3, 0.4) is 0 Å². The van der Waals surface area contributed by atoms with Crippen molar-refractivity contribution in [1.29, 1.82) is 0 Å². The molecule has 0 saturated heterocycles. The standard InChI is InChI=1S/C3H6S4/c1-2-3(4)7(5)6/h7H,2H2,1H3. The van der Waals surface area contributed by atoms with Gasteiger partial charge >= 0.3 is 0 Å². The molecule has 0 radical (unpaired) electrons. The van der Waals surface area contributed by atoms with E-state index in [1.165, 1.54) is 0 Å². The van der Waals surface area contributed by atoms with E-state index in [4.69, 9.17) is 34.6 Å². The Bertz CT molecular complexity index is 124. The van der Waals surface area contributed by atoms with Gasteiger partial charge in [0.15, 0.2) is 0 Å². The Kier molecular flexibility index (Phi) is 4.31. The number of thiol groups is 1. The molecule has 0 unspecified atom stereocenters. The van der Waals surface area contributed by atoms with Crippen LogP contribution in [0.15, 0.2) is 0 Å². The van der Waals surface area contributed by atoms with E-state index in [1.807, 2.05) is 6.92 Å². The first-order valence-electron chi connectivity index (χ1n) is 1.85. The third-order valence-corrected chi connectivity index (χ3v) is 4.08. The Morgan fingerprint density at radius 1 is 1.57 bits per heavy atom. The number of thiocarbonyl (C=S) groups is 1. The minimum absolute atomic E-state index is 0.764. The molecule has 0 bridgehead atoms. The topological polar surface area (TPSA) is 0 Å². The van der Waals surface area contributed by atoms with Crippen molar-refractivity contribution in [3.05, 3.63) is 0 Å². The summed E-state index contributed by atoms with van der Waals surface area (Å²) in [7, 11) is -0.764. The maximum Gasteiger partial charge on any atom is 0.0532 e. The van der Waals surface area contributed by atoms with Crippen LogP contribution in [0.4, 0.5) is 0 Å². The maximum absolute atomic E-state index is 4.80. The molecular weight excluding hydrogens is 164 g/mol. The van der Waals surface area contributed by atoms with E-state index in [-0.39, 0.29) is 0 Å². The summed E-state index contributed by atoms with van der Waals surface area (Å²) in [5.41, 5.74) is 0. The minimum Gasteiger partial charge on any atom is -0.0771 e. The van der Waals surface area contributed by atoms with Crippen molar-refractivity contribution >= 4 is 46.8 Å². The lowest BCUT2D eigenvalue weighted by molar-refractivity contribution is 1.35. The molecule has 4 heteroatoms. The van der Waals surface area contributed by atoms with Gasteiger partial charge in [0, 0.05) is 0 Å². The third-order valence-electron chi connectivity index (χ3n) is 0.506. The molecule has 0 saturated carbocycles. The van der Waals surface area contributed by atoms with Crippen LogP contribution in [0.25, 0.3) is 0 Å². The van der Waals surface area contributed by atoms with E-state index in [1.54, 1.807) is 0 Å². The first-order valence-corrected chi connectivity index (χ1v) is 5.63. The van der Waals surface area contributed by atoms with Gasteiger partial charge in [0.1, 0.15) is 0 Å². The average Bonchev–Trinajstić information content (AvgIpc) is 1.65. The molecule has 0 N–H and O–H groups in total. The highest BCUT2D eigenvalue weighted by Crippen LogP contribution is 1.84. The summed E-state index contributed by atoms with van der Waals surface area (Å²) in [4.78, 5) is 0. The number of rotatable bonds is 1. The second-order valence-corrected chi connectivity index (χ2v) is 5.74. The molecule has 42 valence electrons. The number of hydrogen-bond acceptors (Lipinski definition) is 3. The van der Waals surface area contributed by atoms with E-state index in [2.05, 4.69) is 0 Å². The highest BCUT2D eigenvalue weighted by atomic mass is 33.1. The molecule has 0 aromatic carbocycles. The second-order valence-electron chi connectivity index (χ2n) is 1.00. The second kappa shape index (κ2) is 3.83. The molecule has 0 aromatic rings. The molecule has 7 heavy (non-hydrogen) atoms. The fraction of sp³-hybridized carbons (Fsp3) is 0.667. The van der Waals surface area contributed by atoms with Gasteiger partial charge in [0.25, 0.3) is 0 Å². The zero-order chi connectivity index (χ0) is 5.86. The number of hydrogen-bond donors (Lipinski definition) is 1. The van der Waals surface area contributed by atoms with E-state index >= 15 is 0 Å². The Hall–Kier alpha value is 0.880. The fourth-order valence-corrected chi connectivity index (χ4v) is 1.16. The smallest absolute Gasteiger partial charge is 0.0532 e. The van der Waals surface area contributed by atoms with Gasteiger partial charge in [0.2, 0.25) is 0 Å². The van der Waals surface area contributed by atoms with Crippen LogP contribution in [0, 0.1) is 0 Å². The van der Waals surface area contributed by atoms with Gasteiger partial charge < -0.3 is 0 Å². The van der Waals surface area contributed by atoms with E-state index < -0.39 is 8.01 Å². The molecular formula is C3H6S4. The highest BCUT2D eigenvalue weighted by molar-refractivity contribution is 8.56. The maximum atomic E-state index is 4.80. The summed E-state index contributed by atoms with van der Waals surface area (Å²) in [6.45, 7) is 1.98. The lowest BCUT2D eigenvalue weighted by Crippen LogP contribution is -1.88. The lowest BCUT2D eigenvalue weighted by Gasteiger charge is -1.84. The summed E-state index contributed by atoms with van der Waals surface area (Å²) >= 11 is 14.3. The Morgan fingerprint density at radius 3 is 2.00 bits per heavy atom. The first kappa shape index (κ1) is 7.88. The summed E-state index contributed by atoms with van der Waals surface area (Å²) in [6, 6.07) is 0. The van der Waals surface area contributed by atoms with Crippen LogP contribution in [0.2, 0.25) is 0 Å². The molecule has 0 fully saturated rings. The van der Waals surface area contributed by atoms with Crippen LogP contribution in [0.5, 0.6) is 0 Å². The minimum atomic E-state index is -0.764. The normalized spacial score (nSPS) is 9.43. The van der Waals surface area contributed by atoms with Crippen LogP contribution in [-0.4, -0.2) is 4.20 Å². The largest absolute Gasteiger partial charge is 0.0771 e. The van der Waals surface area contributed by atoms with Crippen molar-refractivity contribution in [3.63, 3.8) is 0 Å². The van der Waals surface area contributed by atoms with Gasteiger partial charge in [-0.15, -0.1) is 0 Å². The summed E-state index contributed by atoms with van der Waals surface area (Å²) in [5.74, 6) is 0. The summed E-state index contributed by atoms with van der Waals surface area (Å²) in [5, 5.41) is 0. The van der Waals surface area contributed by atoms with Gasteiger partial charge in [-0.1, -0.05) is 27.2 Å². The highest BCUT2D eigenvalue weighted by Gasteiger charge is 1.82. The third kappa shape index (κ3) is 3.46. The van der Waals surface area contributed by atoms with Crippen LogP contribution in [0.1, 0.15) is 13.3 Å². The van der Waals surface area contributed by atoms with Crippen molar-refractivity contribution in [2.75, 3.05) is 0 Å². The van der Waals surface area contributed by atoms with Crippen molar-refractivity contribution in [2.45, 2.75) is 13.3 Å². The molecule has 0 nitrogen and oxygen atoms in total. The van der Waals surface area contributed by atoms with Gasteiger partial charge in [-0.25, -0.2) is 0 Å². The quantitative estimate of drug-likeness (QED) is 0.461. The van der Waals surface area contributed by atoms with Gasteiger partial charge in [-0.05, 0) is 28.8 Å². The SMILES string of the molecule is CCC(=S)[SH](=S)=S. The van der Waals surface area contributed by atoms with Gasteiger partial charge in [-0.3, -0.25) is 0 Å². The summed E-state index contributed by atoms with van der Waals surface area (Å²) < 4.78 is 0.875. The molecule has 0 rings (SSSR count). The molecule has 0 aliphatic carbocycles. The molecule has 0 spiro atoms. The van der Waals surface area contributed by atoms with Crippen LogP contribution >= 0.6 is 12.2 Å². The van der Waals surface area contributed by atoms with Gasteiger partial charge in [-0.2, -0.15) is 0 Å². The molecule has 0 aliphatic rings. The van der Waals surface area contributed by atoms with Crippen molar-refractivity contribution in [3.8, 4) is 0 Å². The predicted molar refractivity (Wildman–Crippen MR) is 46.4 cm³/mol. The fourth-order valence-electron chi connectivity index (χ4n) is 0.129. The van der Waals surface area contributed by atoms with Crippen LogP contribution < -0.4 is 0 Å². The van der Waals surface area contributed by atoms with Crippen molar-refractivity contribution < 1.29 is 0 Å². The molecule has 0 amide bonds. The zero-order valence-electron chi connectivity index (χ0n) is 3.88. The Labute approximate surface area is 60.1 Å². The van der Waals surface area contributed by atoms with Crippen molar-refractivity contribution in [1.82, 2.24) is 0 Å². The molecule has 0 aromatic heterocycles. The van der Waals surface area contributed by atoms with Crippen molar-refractivity contribution in [2.24, 2.45) is 0 Å². The first-order chi connectivity index (χ1) is 3.18.